The number of methoxy groups -OCH3 is 2. The molecule has 0 aromatic heterocycles. The summed E-state index contributed by atoms with van der Waals surface area (Å²) in [6.07, 6.45) is 4.47. The maximum atomic E-state index is 9.66. The van der Waals surface area contributed by atoms with Gasteiger partial charge in [-0.2, -0.15) is 0 Å². The summed E-state index contributed by atoms with van der Waals surface area (Å²) in [6.45, 7) is 0. The minimum atomic E-state index is -0.323. The number of aliphatic hydroxyl groups excluding tert-OH is 1. The fraction of sp³-hybridized carbons (Fsp3) is 0.429. The van der Waals surface area contributed by atoms with Gasteiger partial charge in [0.05, 0.1) is 20.3 Å². The molecular formula is C14H18O3. The molecule has 1 aliphatic rings. The lowest BCUT2D eigenvalue weighted by Crippen LogP contribution is -2.08. The van der Waals surface area contributed by atoms with Gasteiger partial charge >= 0.3 is 0 Å². The summed E-state index contributed by atoms with van der Waals surface area (Å²) < 4.78 is 10.5. The Morgan fingerprint density at radius 3 is 2.29 bits per heavy atom. The second-order valence-corrected chi connectivity index (χ2v) is 4.25. The van der Waals surface area contributed by atoms with Crippen LogP contribution in [0.25, 0.3) is 5.57 Å². The van der Waals surface area contributed by atoms with E-state index >= 15 is 0 Å². The van der Waals surface area contributed by atoms with E-state index in [4.69, 9.17) is 9.47 Å². The first-order valence-electron chi connectivity index (χ1n) is 5.85. The number of aliphatic hydroxyl groups is 1. The van der Waals surface area contributed by atoms with Crippen LogP contribution in [0.15, 0.2) is 24.3 Å². The largest absolute Gasteiger partial charge is 0.497 e. The van der Waals surface area contributed by atoms with Gasteiger partial charge < -0.3 is 14.6 Å². The molecule has 0 saturated carbocycles. The van der Waals surface area contributed by atoms with Crippen molar-refractivity contribution in [3.8, 4) is 11.5 Å². The third kappa shape index (κ3) is 2.80. The Morgan fingerprint density at radius 2 is 1.76 bits per heavy atom. The highest BCUT2D eigenvalue weighted by Gasteiger charge is 2.13. The van der Waals surface area contributed by atoms with Crippen LogP contribution in [0.4, 0.5) is 0 Å². The lowest BCUT2D eigenvalue weighted by molar-refractivity contribution is 0.206. The van der Waals surface area contributed by atoms with E-state index in [1.165, 1.54) is 5.57 Å². The third-order valence-corrected chi connectivity index (χ3v) is 3.06. The van der Waals surface area contributed by atoms with Crippen molar-refractivity contribution < 1.29 is 14.6 Å². The van der Waals surface area contributed by atoms with E-state index in [9.17, 15) is 5.11 Å². The van der Waals surface area contributed by atoms with Gasteiger partial charge in [0.25, 0.3) is 0 Å². The number of allylic oxidation sites excluding steroid dienone is 1. The van der Waals surface area contributed by atoms with Crippen LogP contribution in [0, 0.1) is 0 Å². The van der Waals surface area contributed by atoms with Crippen LogP contribution < -0.4 is 9.47 Å². The van der Waals surface area contributed by atoms with Crippen molar-refractivity contribution in [2.24, 2.45) is 0 Å². The number of hydrogen-bond acceptors (Lipinski definition) is 3. The van der Waals surface area contributed by atoms with Gasteiger partial charge in [-0.25, -0.2) is 0 Å². The monoisotopic (exact) mass is 234 g/mol. The van der Waals surface area contributed by atoms with Crippen LogP contribution in [-0.2, 0) is 0 Å². The molecule has 0 radical (unpaired) electrons. The Hall–Kier alpha value is -1.48. The molecule has 1 N–H and O–H groups in total. The molecule has 1 aliphatic carbocycles. The molecular weight excluding hydrogens is 216 g/mol. The lowest BCUT2D eigenvalue weighted by Gasteiger charge is -2.18. The SMILES string of the molecule is COc1cc(OC)cc(C2=CC(O)CCC2)c1. The van der Waals surface area contributed by atoms with Gasteiger partial charge in [0.15, 0.2) is 0 Å². The quantitative estimate of drug-likeness (QED) is 0.873. The first-order chi connectivity index (χ1) is 8.22. The van der Waals surface area contributed by atoms with Gasteiger partial charge in [0, 0.05) is 6.07 Å². The summed E-state index contributed by atoms with van der Waals surface area (Å²) in [5.41, 5.74) is 2.24. The Kier molecular flexibility index (Phi) is 3.69. The van der Waals surface area contributed by atoms with E-state index in [2.05, 4.69) is 0 Å². The Morgan fingerprint density at radius 1 is 1.12 bits per heavy atom. The second kappa shape index (κ2) is 5.23. The highest BCUT2D eigenvalue weighted by Crippen LogP contribution is 2.32. The lowest BCUT2D eigenvalue weighted by atomic mass is 9.92. The molecule has 3 heteroatoms. The normalized spacial score (nSPS) is 19.7. The highest BCUT2D eigenvalue weighted by atomic mass is 16.5. The zero-order valence-electron chi connectivity index (χ0n) is 10.3. The zero-order valence-corrected chi connectivity index (χ0v) is 10.3. The minimum Gasteiger partial charge on any atom is -0.497 e. The van der Waals surface area contributed by atoms with E-state index in [0.29, 0.717) is 0 Å². The van der Waals surface area contributed by atoms with Crippen molar-refractivity contribution in [2.75, 3.05) is 14.2 Å². The van der Waals surface area contributed by atoms with Crippen LogP contribution in [0.5, 0.6) is 11.5 Å². The van der Waals surface area contributed by atoms with Crippen molar-refractivity contribution in [1.82, 2.24) is 0 Å². The molecule has 1 aromatic carbocycles. The van der Waals surface area contributed by atoms with Gasteiger partial charge in [-0.15, -0.1) is 0 Å². The van der Waals surface area contributed by atoms with Crippen LogP contribution in [0.1, 0.15) is 24.8 Å². The van der Waals surface area contributed by atoms with Crippen molar-refractivity contribution >= 4 is 5.57 Å². The van der Waals surface area contributed by atoms with E-state index in [1.807, 2.05) is 24.3 Å². The van der Waals surface area contributed by atoms with E-state index < -0.39 is 0 Å². The molecule has 17 heavy (non-hydrogen) atoms. The molecule has 1 atom stereocenters. The van der Waals surface area contributed by atoms with E-state index in [0.717, 1.165) is 36.3 Å². The fourth-order valence-corrected chi connectivity index (χ4v) is 2.13. The van der Waals surface area contributed by atoms with Crippen LogP contribution in [-0.4, -0.2) is 25.4 Å². The average Bonchev–Trinajstić information content (AvgIpc) is 2.38. The highest BCUT2D eigenvalue weighted by molar-refractivity contribution is 5.69. The molecule has 0 aliphatic heterocycles. The van der Waals surface area contributed by atoms with Crippen molar-refractivity contribution in [1.29, 1.82) is 0 Å². The summed E-state index contributed by atoms with van der Waals surface area (Å²) in [4.78, 5) is 0. The molecule has 0 heterocycles. The smallest absolute Gasteiger partial charge is 0.123 e. The number of rotatable bonds is 3. The summed E-state index contributed by atoms with van der Waals surface area (Å²) >= 11 is 0. The van der Waals surface area contributed by atoms with Crippen molar-refractivity contribution in [2.45, 2.75) is 25.4 Å². The molecule has 0 amide bonds. The molecule has 0 saturated heterocycles. The molecule has 2 rings (SSSR count). The Labute approximate surface area is 102 Å². The zero-order chi connectivity index (χ0) is 12.3. The first-order valence-corrected chi connectivity index (χ1v) is 5.85. The van der Waals surface area contributed by atoms with E-state index in [-0.39, 0.29) is 6.10 Å². The first kappa shape index (κ1) is 12.0. The van der Waals surface area contributed by atoms with Gasteiger partial charge in [0.2, 0.25) is 0 Å². The third-order valence-electron chi connectivity index (χ3n) is 3.06. The fourth-order valence-electron chi connectivity index (χ4n) is 2.13. The molecule has 0 bridgehead atoms. The molecule has 92 valence electrons. The van der Waals surface area contributed by atoms with Crippen LogP contribution in [0.3, 0.4) is 0 Å². The maximum Gasteiger partial charge on any atom is 0.123 e. The summed E-state index contributed by atoms with van der Waals surface area (Å²) in [5, 5.41) is 9.66. The Balaban J connectivity index is 2.37. The van der Waals surface area contributed by atoms with Gasteiger partial charge in [-0.1, -0.05) is 6.08 Å². The van der Waals surface area contributed by atoms with E-state index in [1.54, 1.807) is 14.2 Å². The van der Waals surface area contributed by atoms with Gasteiger partial charge in [-0.3, -0.25) is 0 Å². The molecule has 1 aromatic rings. The predicted molar refractivity (Wildman–Crippen MR) is 67.4 cm³/mol. The molecule has 0 fully saturated rings. The summed E-state index contributed by atoms with van der Waals surface area (Å²) in [6, 6.07) is 5.81. The Bertz CT molecular complexity index is 401. The number of ether oxygens (including phenoxy) is 2. The predicted octanol–water partition coefficient (Wildman–Crippen LogP) is 2.63. The average molecular weight is 234 g/mol. The van der Waals surface area contributed by atoms with Gasteiger partial charge in [-0.05, 0) is 42.5 Å². The number of hydrogen-bond donors (Lipinski definition) is 1. The van der Waals surface area contributed by atoms with Crippen LogP contribution >= 0.6 is 0 Å². The van der Waals surface area contributed by atoms with Crippen molar-refractivity contribution in [3.05, 3.63) is 29.8 Å². The number of benzene rings is 1. The minimum absolute atomic E-state index is 0.323. The second-order valence-electron chi connectivity index (χ2n) is 4.25. The summed E-state index contributed by atoms with van der Waals surface area (Å²) in [7, 11) is 3.28. The maximum absolute atomic E-state index is 9.66. The van der Waals surface area contributed by atoms with Crippen molar-refractivity contribution in [3.63, 3.8) is 0 Å². The topological polar surface area (TPSA) is 38.7 Å². The molecule has 3 nitrogen and oxygen atoms in total. The molecule has 1 unspecified atom stereocenters. The standard InChI is InChI=1S/C14H18O3/c1-16-13-7-11(8-14(9-13)17-2)10-4-3-5-12(15)6-10/h6-9,12,15H,3-5H2,1-2H3. The van der Waals surface area contributed by atoms with Gasteiger partial charge in [0.1, 0.15) is 11.5 Å². The summed E-state index contributed by atoms with van der Waals surface area (Å²) in [5.74, 6) is 1.56. The van der Waals surface area contributed by atoms with Crippen LogP contribution in [0.2, 0.25) is 0 Å². The molecule has 0 spiro atoms.